The van der Waals surface area contributed by atoms with Crippen LogP contribution in [0.1, 0.15) is 22.8 Å². The smallest absolute Gasteiger partial charge is 0.259 e. The summed E-state index contributed by atoms with van der Waals surface area (Å²) in [5, 5.41) is 4.20. The van der Waals surface area contributed by atoms with Gasteiger partial charge in [0.1, 0.15) is 11.2 Å². The van der Waals surface area contributed by atoms with Gasteiger partial charge in [-0.15, -0.1) is 0 Å². The molecule has 0 bridgehead atoms. The number of rotatable bonds is 2. The number of carbonyl (C=O) groups excluding carboxylic acids is 1. The predicted octanol–water partition coefficient (Wildman–Crippen LogP) is 2.12. The summed E-state index contributed by atoms with van der Waals surface area (Å²) in [6.45, 7) is 3.59. The molecule has 1 amide bonds. The monoisotopic (exact) mass is 322 g/mol. The first-order valence-electron chi connectivity index (χ1n) is 7.94. The molecule has 2 aromatic heterocycles. The fraction of sp³-hybridized carbons (Fsp3) is 0.278. The Kier molecular flexibility index (Phi) is 3.54. The second kappa shape index (κ2) is 5.72. The number of fused-ring (bicyclic) bond motifs is 1. The lowest BCUT2D eigenvalue weighted by Gasteiger charge is -2.40. The number of hydrogen-bond acceptors (Lipinski definition) is 4. The highest BCUT2D eigenvalue weighted by Crippen LogP contribution is 2.30. The second-order valence-electron chi connectivity index (χ2n) is 6.12. The van der Waals surface area contributed by atoms with Gasteiger partial charge in [-0.3, -0.25) is 4.79 Å². The third-order valence-electron chi connectivity index (χ3n) is 4.46. The quantitative estimate of drug-likeness (QED) is 0.725. The molecule has 3 aromatic rings. The number of carbonyl (C=O) groups is 1. The Hall–Kier alpha value is -2.73. The first-order valence-corrected chi connectivity index (χ1v) is 7.94. The highest BCUT2D eigenvalue weighted by atomic mass is 16.5. The number of nitrogens with zero attached hydrogens (tertiary/aromatic N) is 4. The molecule has 0 spiro atoms. The molecular formula is C18H18N4O2. The number of benzene rings is 1. The Bertz CT molecular complexity index is 877. The first-order chi connectivity index (χ1) is 11.7. The van der Waals surface area contributed by atoms with E-state index >= 15 is 0 Å². The molecule has 1 aromatic carbocycles. The van der Waals surface area contributed by atoms with E-state index in [2.05, 4.69) is 10.1 Å². The van der Waals surface area contributed by atoms with Crippen LogP contribution in [0.4, 0.5) is 0 Å². The van der Waals surface area contributed by atoms with Crippen LogP contribution in [-0.2, 0) is 10.3 Å². The van der Waals surface area contributed by atoms with Crippen molar-refractivity contribution in [3.8, 4) is 0 Å². The molecule has 24 heavy (non-hydrogen) atoms. The molecule has 3 heterocycles. The van der Waals surface area contributed by atoms with E-state index in [0.29, 0.717) is 30.9 Å². The van der Waals surface area contributed by atoms with Crippen LogP contribution in [-0.4, -0.2) is 45.1 Å². The summed E-state index contributed by atoms with van der Waals surface area (Å²) in [4.78, 5) is 19.1. The summed E-state index contributed by atoms with van der Waals surface area (Å²) in [6, 6.07) is 11.8. The van der Waals surface area contributed by atoms with Gasteiger partial charge in [0.15, 0.2) is 5.65 Å². The number of aromatic nitrogens is 3. The third-order valence-corrected chi connectivity index (χ3v) is 4.46. The van der Waals surface area contributed by atoms with Crippen molar-refractivity contribution in [2.75, 3.05) is 19.7 Å². The molecule has 0 radical (unpaired) electrons. The van der Waals surface area contributed by atoms with E-state index in [-0.39, 0.29) is 5.91 Å². The maximum absolute atomic E-state index is 13.0. The van der Waals surface area contributed by atoms with Crippen molar-refractivity contribution < 1.29 is 9.53 Å². The number of hydrogen-bond donors (Lipinski definition) is 0. The lowest BCUT2D eigenvalue weighted by molar-refractivity contribution is -0.0930. The lowest BCUT2D eigenvalue weighted by atomic mass is 9.93. The minimum absolute atomic E-state index is 0.0610. The largest absolute Gasteiger partial charge is 0.367 e. The van der Waals surface area contributed by atoms with Gasteiger partial charge in [-0.25, -0.2) is 9.50 Å². The zero-order chi connectivity index (χ0) is 16.6. The molecule has 6 nitrogen and oxygen atoms in total. The van der Waals surface area contributed by atoms with E-state index in [1.165, 1.54) is 0 Å². The SMILES string of the molecule is CC1(c2ccccc2)CN(C(=O)c2cnn3cccnc23)CCO1. The maximum Gasteiger partial charge on any atom is 0.259 e. The number of amides is 1. The molecule has 122 valence electrons. The van der Waals surface area contributed by atoms with Crippen molar-refractivity contribution in [2.24, 2.45) is 0 Å². The van der Waals surface area contributed by atoms with E-state index in [0.717, 1.165) is 5.56 Å². The van der Waals surface area contributed by atoms with Gasteiger partial charge in [0.2, 0.25) is 0 Å². The molecule has 4 rings (SSSR count). The molecule has 0 saturated carbocycles. The van der Waals surface area contributed by atoms with Crippen LogP contribution in [0.5, 0.6) is 0 Å². The van der Waals surface area contributed by atoms with E-state index in [4.69, 9.17) is 4.74 Å². The van der Waals surface area contributed by atoms with E-state index in [1.54, 1.807) is 29.2 Å². The van der Waals surface area contributed by atoms with Crippen LogP contribution in [0, 0.1) is 0 Å². The second-order valence-corrected chi connectivity index (χ2v) is 6.12. The Balaban J connectivity index is 1.63. The standard InChI is InChI=1S/C18H18N4O2/c1-18(14-6-3-2-4-7-14)13-21(10-11-24-18)17(23)15-12-20-22-9-5-8-19-16(15)22/h2-9,12H,10-11,13H2,1H3. The Morgan fingerprint density at radius 1 is 1.25 bits per heavy atom. The predicted molar refractivity (Wildman–Crippen MR) is 88.6 cm³/mol. The van der Waals surface area contributed by atoms with E-state index in [1.807, 2.05) is 42.2 Å². The topological polar surface area (TPSA) is 59.7 Å². The van der Waals surface area contributed by atoms with Crippen LogP contribution in [0.3, 0.4) is 0 Å². The van der Waals surface area contributed by atoms with Crippen LogP contribution >= 0.6 is 0 Å². The average molecular weight is 322 g/mol. The fourth-order valence-corrected chi connectivity index (χ4v) is 3.16. The summed E-state index contributed by atoms with van der Waals surface area (Å²) in [5.74, 6) is -0.0610. The van der Waals surface area contributed by atoms with E-state index < -0.39 is 5.60 Å². The molecule has 6 heteroatoms. The molecule has 1 saturated heterocycles. The summed E-state index contributed by atoms with van der Waals surface area (Å²) in [5.41, 5.74) is 1.66. The molecule has 1 atom stereocenters. The fourth-order valence-electron chi connectivity index (χ4n) is 3.16. The van der Waals surface area contributed by atoms with Gasteiger partial charge in [-0.05, 0) is 18.6 Å². The summed E-state index contributed by atoms with van der Waals surface area (Å²) in [7, 11) is 0. The highest BCUT2D eigenvalue weighted by Gasteiger charge is 2.36. The molecule has 1 aliphatic rings. The van der Waals surface area contributed by atoms with Crippen molar-refractivity contribution in [2.45, 2.75) is 12.5 Å². The lowest BCUT2D eigenvalue weighted by Crippen LogP contribution is -2.50. The van der Waals surface area contributed by atoms with Crippen LogP contribution in [0.25, 0.3) is 5.65 Å². The van der Waals surface area contributed by atoms with Gasteiger partial charge < -0.3 is 9.64 Å². The summed E-state index contributed by atoms with van der Waals surface area (Å²) in [6.07, 6.45) is 5.04. The Morgan fingerprint density at radius 3 is 2.92 bits per heavy atom. The van der Waals surface area contributed by atoms with Gasteiger partial charge >= 0.3 is 0 Å². The summed E-state index contributed by atoms with van der Waals surface area (Å²) < 4.78 is 7.62. The van der Waals surface area contributed by atoms with Gasteiger partial charge in [0.25, 0.3) is 5.91 Å². The van der Waals surface area contributed by atoms with Crippen molar-refractivity contribution in [1.29, 1.82) is 0 Å². The van der Waals surface area contributed by atoms with Gasteiger partial charge in [-0.2, -0.15) is 5.10 Å². The molecule has 1 aliphatic heterocycles. The average Bonchev–Trinajstić information content (AvgIpc) is 3.06. The summed E-state index contributed by atoms with van der Waals surface area (Å²) >= 11 is 0. The van der Waals surface area contributed by atoms with Crippen LogP contribution < -0.4 is 0 Å². The van der Waals surface area contributed by atoms with Gasteiger partial charge in [-0.1, -0.05) is 30.3 Å². The first kappa shape index (κ1) is 14.8. The number of ether oxygens (including phenoxy) is 1. The zero-order valence-corrected chi connectivity index (χ0v) is 13.4. The molecule has 0 N–H and O–H groups in total. The minimum atomic E-state index is -0.508. The third kappa shape index (κ3) is 2.45. The maximum atomic E-state index is 13.0. The van der Waals surface area contributed by atoms with Crippen molar-refractivity contribution in [3.05, 3.63) is 66.1 Å². The molecule has 0 aliphatic carbocycles. The van der Waals surface area contributed by atoms with Crippen molar-refractivity contribution in [3.63, 3.8) is 0 Å². The Labute approximate surface area is 139 Å². The molecule has 1 unspecified atom stereocenters. The Morgan fingerprint density at radius 2 is 2.08 bits per heavy atom. The highest BCUT2D eigenvalue weighted by molar-refractivity contribution is 5.99. The van der Waals surface area contributed by atoms with E-state index in [9.17, 15) is 4.79 Å². The van der Waals surface area contributed by atoms with Crippen molar-refractivity contribution in [1.82, 2.24) is 19.5 Å². The normalized spacial score (nSPS) is 21.1. The zero-order valence-electron chi connectivity index (χ0n) is 13.4. The molecular weight excluding hydrogens is 304 g/mol. The number of morpholine rings is 1. The minimum Gasteiger partial charge on any atom is -0.367 e. The van der Waals surface area contributed by atoms with Crippen LogP contribution in [0.2, 0.25) is 0 Å². The van der Waals surface area contributed by atoms with Crippen LogP contribution in [0.15, 0.2) is 55.0 Å². The van der Waals surface area contributed by atoms with Gasteiger partial charge in [0.05, 0.1) is 19.3 Å². The molecule has 1 fully saturated rings. The van der Waals surface area contributed by atoms with Crippen molar-refractivity contribution >= 4 is 11.6 Å². The van der Waals surface area contributed by atoms with Gasteiger partial charge in [0, 0.05) is 18.9 Å².